The van der Waals surface area contributed by atoms with E-state index in [0.717, 1.165) is 24.8 Å². The fourth-order valence-corrected chi connectivity index (χ4v) is 7.94. The first-order chi connectivity index (χ1) is 22.2. The minimum absolute atomic E-state index is 0.0417. The summed E-state index contributed by atoms with van der Waals surface area (Å²) in [7, 11) is -1.20. The molecule has 0 saturated heterocycles. The number of nitrogens with zero attached hydrogens (tertiary/aromatic N) is 1. The van der Waals surface area contributed by atoms with Gasteiger partial charge in [-0.15, -0.1) is 18.9 Å². The molecule has 266 valence electrons. The Morgan fingerprint density at radius 3 is 2.23 bits per heavy atom. The normalized spacial score (nSPS) is 21.5. The van der Waals surface area contributed by atoms with Gasteiger partial charge in [0.2, 0.25) is 11.7 Å². The molecular formula is C36H55N5O6S. The van der Waals surface area contributed by atoms with Crippen molar-refractivity contribution >= 4 is 40.3 Å². The zero-order valence-electron chi connectivity index (χ0n) is 30.0. The molecule has 3 aliphatic rings. The van der Waals surface area contributed by atoms with E-state index in [9.17, 15) is 28.2 Å². The smallest absolute Gasteiger partial charge is 0.315 e. The number of terminal acetylenes is 1. The molecule has 4 N–H and O–H groups in total. The van der Waals surface area contributed by atoms with E-state index in [2.05, 4.69) is 33.8 Å². The van der Waals surface area contributed by atoms with Crippen LogP contribution < -0.4 is 21.3 Å². The molecule has 0 aromatic heterocycles. The van der Waals surface area contributed by atoms with Gasteiger partial charge in [0.15, 0.2) is 0 Å². The Labute approximate surface area is 288 Å². The van der Waals surface area contributed by atoms with Crippen LogP contribution in [0.5, 0.6) is 0 Å². The average Bonchev–Trinajstić information content (AvgIpc) is 3.30. The fourth-order valence-electron chi connectivity index (χ4n) is 6.64. The maximum Gasteiger partial charge on any atom is 0.315 e. The van der Waals surface area contributed by atoms with E-state index in [4.69, 9.17) is 6.42 Å². The molecule has 0 bridgehead atoms. The number of carbonyl (C=O) groups is 5. The second kappa shape index (κ2) is 15.0. The number of urea groups is 1. The van der Waals surface area contributed by atoms with Crippen molar-refractivity contribution in [2.24, 2.45) is 16.7 Å². The molecule has 1 heterocycles. The van der Waals surface area contributed by atoms with Crippen LogP contribution in [0.3, 0.4) is 0 Å². The summed E-state index contributed by atoms with van der Waals surface area (Å²) in [6, 6.07) is -2.74. The van der Waals surface area contributed by atoms with Gasteiger partial charge < -0.3 is 26.2 Å². The maximum atomic E-state index is 14.4. The summed E-state index contributed by atoms with van der Waals surface area (Å²) in [6.45, 7) is 19.1. The number of hydrogen-bond acceptors (Lipinski definition) is 6. The summed E-state index contributed by atoms with van der Waals surface area (Å²) in [5.74, 6) is -0.121. The lowest BCUT2D eigenvalue weighted by atomic mass is 9.83. The molecule has 3 rings (SSSR count). The standard InChI is InChI=1S/C36H55N5O6S/c1-11-13-17-24(27(42)30(44)37-20-12-2)38-29(43)26-25-23(35(25,9)10)21-41(26)31(45)28(33(3,4)5)39-32(46)40-36(18-15-14-16-19-36)22-48(47)34(6,7)8/h1,12,23-24,28H,2,13-22H2,3-10H3,(H,37,44)(H,38,43)(H2,39,40,46)/t23?,24?,28-,48?/m1/s1. The van der Waals surface area contributed by atoms with E-state index >= 15 is 0 Å². The molecule has 12 heteroatoms. The first kappa shape index (κ1) is 39.0. The zero-order valence-corrected chi connectivity index (χ0v) is 30.8. The molecule has 2 saturated carbocycles. The van der Waals surface area contributed by atoms with Crippen molar-refractivity contribution in [2.75, 3.05) is 18.8 Å². The van der Waals surface area contributed by atoms with Crippen LogP contribution in [0.15, 0.2) is 23.9 Å². The predicted molar refractivity (Wildman–Crippen MR) is 188 cm³/mol. The van der Waals surface area contributed by atoms with Gasteiger partial charge in [0.25, 0.3) is 11.8 Å². The van der Waals surface area contributed by atoms with Crippen molar-refractivity contribution in [1.29, 1.82) is 0 Å². The highest BCUT2D eigenvalue weighted by molar-refractivity contribution is 7.86. The topological polar surface area (TPSA) is 154 Å². The summed E-state index contributed by atoms with van der Waals surface area (Å²) in [5.41, 5.74) is -0.806. The Hall–Kier alpha value is -3.46. The van der Waals surface area contributed by atoms with Crippen LogP contribution >= 0.6 is 0 Å². The third-order valence-electron chi connectivity index (χ3n) is 9.70. The lowest BCUT2D eigenvalue weighted by Gasteiger charge is -2.41. The van der Waals surface area contributed by atoms with Gasteiger partial charge in [0.1, 0.15) is 11.7 Å². The van der Waals surface area contributed by atoms with E-state index in [-0.39, 0.29) is 43.0 Å². The van der Waals surface area contributed by atoms with Crippen LogP contribution in [-0.4, -0.2) is 79.9 Å². The number of hydrogen-bond donors (Lipinski definition) is 4. The number of ketones is 1. The van der Waals surface area contributed by atoms with E-state index in [1.54, 1.807) is 0 Å². The molecule has 4 atom stereocenters. The highest BCUT2D eigenvalue weighted by atomic mass is 32.2. The SMILES string of the molecule is C#CCCC(NC(=O)C1=C2C(CN1C(=O)[C@@H](NC(=O)NC1(CS(=O)C(C)(C)C)CCCCC1)C(C)(C)C)C2(C)C)C(=O)C(=O)NCC=C. The molecule has 3 unspecified atom stereocenters. The molecule has 0 aromatic rings. The van der Waals surface area contributed by atoms with Gasteiger partial charge in [-0.2, -0.15) is 0 Å². The fraction of sp³-hybridized carbons (Fsp3) is 0.694. The monoisotopic (exact) mass is 685 g/mol. The van der Waals surface area contributed by atoms with Crippen molar-refractivity contribution in [3.8, 4) is 12.3 Å². The lowest BCUT2D eigenvalue weighted by Crippen LogP contribution is -2.62. The number of carbonyl (C=O) groups excluding carboxylic acids is 5. The maximum absolute atomic E-state index is 14.4. The number of amides is 5. The first-order valence-corrected chi connectivity index (χ1v) is 18.2. The summed E-state index contributed by atoms with van der Waals surface area (Å²) >= 11 is 0. The van der Waals surface area contributed by atoms with Gasteiger partial charge in [-0.3, -0.25) is 23.4 Å². The number of fused-ring (bicyclic) bond motifs is 1. The molecule has 0 radical (unpaired) electrons. The van der Waals surface area contributed by atoms with Gasteiger partial charge in [0.05, 0.1) is 11.6 Å². The molecule has 1 aliphatic heterocycles. The van der Waals surface area contributed by atoms with Crippen LogP contribution in [0.2, 0.25) is 0 Å². The average molecular weight is 686 g/mol. The van der Waals surface area contributed by atoms with Gasteiger partial charge >= 0.3 is 6.03 Å². The van der Waals surface area contributed by atoms with E-state index in [1.165, 1.54) is 11.0 Å². The van der Waals surface area contributed by atoms with Crippen LogP contribution in [0, 0.1) is 29.1 Å². The summed E-state index contributed by atoms with van der Waals surface area (Å²) in [5, 5.41) is 11.2. The van der Waals surface area contributed by atoms with E-state index < -0.39 is 68.1 Å². The molecular weight excluding hydrogens is 630 g/mol. The predicted octanol–water partition coefficient (Wildman–Crippen LogP) is 3.47. The van der Waals surface area contributed by atoms with E-state index in [0.29, 0.717) is 18.6 Å². The third-order valence-corrected chi connectivity index (χ3v) is 11.9. The quantitative estimate of drug-likeness (QED) is 0.132. The highest BCUT2D eigenvalue weighted by Crippen LogP contribution is 2.63. The lowest BCUT2D eigenvalue weighted by molar-refractivity contribution is -0.140. The first-order valence-electron chi connectivity index (χ1n) is 16.9. The Morgan fingerprint density at radius 2 is 1.69 bits per heavy atom. The van der Waals surface area contributed by atoms with Crippen LogP contribution in [0.25, 0.3) is 0 Å². The minimum atomic E-state index is -1.20. The van der Waals surface area contributed by atoms with Gasteiger partial charge in [-0.25, -0.2) is 4.79 Å². The summed E-state index contributed by atoms with van der Waals surface area (Å²) in [4.78, 5) is 68.9. The Morgan fingerprint density at radius 1 is 1.06 bits per heavy atom. The van der Waals surface area contributed by atoms with Crippen molar-refractivity contribution in [2.45, 2.75) is 123 Å². The minimum Gasteiger partial charge on any atom is -0.346 e. The Kier molecular flexibility index (Phi) is 12.2. The van der Waals surface area contributed by atoms with E-state index in [1.807, 2.05) is 55.4 Å². The largest absolute Gasteiger partial charge is 0.346 e. The number of Topliss-reactive ketones (excluding diaryl/α,β-unsaturated/α-hetero) is 1. The second-order valence-corrected chi connectivity index (χ2v) is 18.2. The second-order valence-electron chi connectivity index (χ2n) is 16.0. The summed E-state index contributed by atoms with van der Waals surface area (Å²) < 4.78 is 12.8. The number of rotatable bonds is 13. The molecule has 0 aromatic carbocycles. The molecule has 0 spiro atoms. The Bertz CT molecular complexity index is 1410. The van der Waals surface area contributed by atoms with Crippen molar-refractivity contribution in [1.82, 2.24) is 26.2 Å². The van der Waals surface area contributed by atoms with Gasteiger partial charge in [-0.1, -0.05) is 60.0 Å². The van der Waals surface area contributed by atoms with Crippen molar-refractivity contribution < 1.29 is 28.2 Å². The van der Waals surface area contributed by atoms with Crippen LogP contribution in [0.1, 0.15) is 100 Å². The molecule has 11 nitrogen and oxygen atoms in total. The van der Waals surface area contributed by atoms with Crippen LogP contribution in [-0.2, 0) is 30.0 Å². The Balaban J connectivity index is 1.87. The molecule has 2 fully saturated rings. The molecule has 2 aliphatic carbocycles. The van der Waals surface area contributed by atoms with Gasteiger partial charge in [-0.05, 0) is 56.4 Å². The van der Waals surface area contributed by atoms with Crippen LogP contribution in [0.4, 0.5) is 4.79 Å². The van der Waals surface area contributed by atoms with Crippen molar-refractivity contribution in [3.05, 3.63) is 23.9 Å². The third kappa shape index (κ3) is 8.95. The molecule has 48 heavy (non-hydrogen) atoms. The number of nitrogens with one attached hydrogen (secondary N) is 4. The van der Waals surface area contributed by atoms with Gasteiger partial charge in [0, 0.05) is 46.7 Å². The summed E-state index contributed by atoms with van der Waals surface area (Å²) in [6.07, 6.45) is 11.3. The zero-order chi connectivity index (χ0) is 36.2. The highest BCUT2D eigenvalue weighted by Gasteiger charge is 2.62. The van der Waals surface area contributed by atoms with Crippen molar-refractivity contribution in [3.63, 3.8) is 0 Å². The molecule has 5 amide bonds.